The Labute approximate surface area is 199 Å². The van der Waals surface area contributed by atoms with Crippen LogP contribution in [0.15, 0.2) is 12.2 Å². The summed E-state index contributed by atoms with van der Waals surface area (Å²) in [7, 11) is 0. The van der Waals surface area contributed by atoms with Gasteiger partial charge in [-0.3, -0.25) is 4.79 Å². The molecule has 0 aliphatic heterocycles. The Hall–Kier alpha value is -0.950. The van der Waals surface area contributed by atoms with Crippen molar-refractivity contribution in [1.29, 1.82) is 0 Å². The highest BCUT2D eigenvalue weighted by molar-refractivity contribution is 5.87. The molecule has 0 radical (unpaired) electrons. The fourth-order valence-electron chi connectivity index (χ4n) is 3.63. The van der Waals surface area contributed by atoms with Crippen molar-refractivity contribution in [3.8, 4) is 0 Å². The van der Waals surface area contributed by atoms with Crippen molar-refractivity contribution >= 4 is 5.91 Å². The molecule has 0 aromatic rings. The van der Waals surface area contributed by atoms with Gasteiger partial charge in [-0.15, -0.1) is 0 Å². The van der Waals surface area contributed by atoms with Gasteiger partial charge in [-0.05, 0) is 18.9 Å². The average Bonchev–Trinajstić information content (AvgIpc) is 2.80. The molecule has 0 fully saturated rings. The van der Waals surface area contributed by atoms with Crippen molar-refractivity contribution in [2.24, 2.45) is 5.73 Å². The highest BCUT2D eigenvalue weighted by atomic mass is 16.1. The number of unbranched alkanes of at least 4 members (excludes halogenated alkanes) is 13. The summed E-state index contributed by atoms with van der Waals surface area (Å²) in [5.41, 5.74) is 5.42. The van der Waals surface area contributed by atoms with E-state index in [4.69, 9.17) is 5.73 Å². The first-order chi connectivity index (χ1) is 15.8. The molecule has 0 bridgehead atoms. The number of rotatable bonds is 26. The smallest absolute Gasteiger partial charge is 0.243 e. The van der Waals surface area contributed by atoms with Crippen LogP contribution in [0.2, 0.25) is 0 Å². The van der Waals surface area contributed by atoms with Gasteiger partial charge < -0.3 is 27.0 Å². The Balaban J connectivity index is 3.22. The number of amides is 1. The lowest BCUT2D eigenvalue weighted by Gasteiger charge is -2.07. The van der Waals surface area contributed by atoms with Crippen LogP contribution in [0.4, 0.5) is 0 Å². The third kappa shape index (κ3) is 27.1. The van der Waals surface area contributed by atoms with Gasteiger partial charge in [0, 0.05) is 52.4 Å². The minimum atomic E-state index is 0.0191. The second-order valence-electron chi connectivity index (χ2n) is 8.76. The minimum absolute atomic E-state index is 0.0191. The summed E-state index contributed by atoms with van der Waals surface area (Å²) < 4.78 is 0. The zero-order valence-electron chi connectivity index (χ0n) is 21.2. The first kappa shape index (κ1) is 31.0. The second-order valence-corrected chi connectivity index (χ2v) is 8.76. The van der Waals surface area contributed by atoms with Gasteiger partial charge in [-0.2, -0.15) is 0 Å². The van der Waals surface area contributed by atoms with Crippen molar-refractivity contribution in [2.75, 3.05) is 52.4 Å². The first-order valence-corrected chi connectivity index (χ1v) is 13.6. The molecule has 1 amide bonds. The molecule has 0 aromatic heterocycles. The van der Waals surface area contributed by atoms with E-state index in [0.717, 1.165) is 45.7 Å². The summed E-state index contributed by atoms with van der Waals surface area (Å²) >= 11 is 0. The Morgan fingerprint density at radius 3 is 1.56 bits per heavy atom. The molecule has 0 spiro atoms. The third-order valence-electron chi connectivity index (χ3n) is 5.62. The minimum Gasteiger partial charge on any atom is -0.351 e. The van der Waals surface area contributed by atoms with Gasteiger partial charge in [0.2, 0.25) is 5.91 Å². The largest absolute Gasteiger partial charge is 0.351 e. The van der Waals surface area contributed by atoms with Crippen molar-refractivity contribution in [2.45, 2.75) is 96.8 Å². The number of hydrogen-bond donors (Lipinski definition) is 5. The molecule has 0 rings (SSSR count). The molecule has 6 N–H and O–H groups in total. The average molecular weight is 454 g/mol. The fourth-order valence-corrected chi connectivity index (χ4v) is 3.63. The van der Waals surface area contributed by atoms with Crippen LogP contribution in [0.5, 0.6) is 0 Å². The van der Waals surface area contributed by atoms with Gasteiger partial charge in [-0.1, -0.05) is 90.0 Å². The van der Waals surface area contributed by atoms with Crippen LogP contribution in [0.1, 0.15) is 96.8 Å². The Bertz CT molecular complexity index is 404. The van der Waals surface area contributed by atoms with E-state index < -0.39 is 0 Å². The van der Waals surface area contributed by atoms with Crippen LogP contribution in [-0.2, 0) is 4.79 Å². The van der Waals surface area contributed by atoms with Gasteiger partial charge in [0.05, 0.1) is 0 Å². The Kier molecular flexibility index (Phi) is 27.2. The van der Waals surface area contributed by atoms with E-state index in [-0.39, 0.29) is 5.91 Å². The maximum Gasteiger partial charge on any atom is 0.243 e. The highest BCUT2D eigenvalue weighted by Crippen LogP contribution is 2.12. The molecule has 6 heteroatoms. The molecule has 190 valence electrons. The molecular weight excluding hydrogens is 398 g/mol. The number of nitrogens with one attached hydrogen (secondary N) is 4. The van der Waals surface area contributed by atoms with Crippen molar-refractivity contribution < 1.29 is 4.79 Å². The molecule has 0 unspecified atom stereocenters. The maximum absolute atomic E-state index is 11.8. The van der Waals surface area contributed by atoms with Crippen LogP contribution in [0.25, 0.3) is 0 Å². The summed E-state index contributed by atoms with van der Waals surface area (Å²) in [5.74, 6) is 0.0191. The summed E-state index contributed by atoms with van der Waals surface area (Å²) in [5, 5.41) is 12.8. The SMILES string of the molecule is CCCCCCCCCCCCCCCC=CC(=O)NCCNCCNCCNCCN. The zero-order valence-corrected chi connectivity index (χ0v) is 21.2. The van der Waals surface area contributed by atoms with Crippen LogP contribution in [0, 0.1) is 0 Å². The van der Waals surface area contributed by atoms with E-state index in [1.807, 2.05) is 6.08 Å². The molecule has 0 atom stereocenters. The quantitative estimate of drug-likeness (QED) is 0.101. The van der Waals surface area contributed by atoms with Gasteiger partial charge >= 0.3 is 0 Å². The van der Waals surface area contributed by atoms with Gasteiger partial charge in [0.25, 0.3) is 0 Å². The highest BCUT2D eigenvalue weighted by Gasteiger charge is 1.96. The van der Waals surface area contributed by atoms with Crippen LogP contribution >= 0.6 is 0 Å². The standard InChI is InChI=1S/C26H55N5O/c1-2-3-4-5-6-7-8-9-10-11-12-13-14-15-16-17-26(32)31-25-24-30-23-22-29-21-20-28-19-18-27/h16-17,28-30H,2-15,18-25,27H2,1H3,(H,31,32). The Morgan fingerprint density at radius 2 is 1.06 bits per heavy atom. The maximum atomic E-state index is 11.8. The zero-order chi connectivity index (χ0) is 23.4. The molecule has 0 saturated heterocycles. The summed E-state index contributed by atoms with van der Waals surface area (Å²) in [6, 6.07) is 0. The third-order valence-corrected chi connectivity index (χ3v) is 5.62. The number of nitrogens with two attached hydrogens (primary N) is 1. The normalized spacial score (nSPS) is 11.4. The summed E-state index contributed by atoms with van der Waals surface area (Å²) in [6.45, 7) is 9.02. The van der Waals surface area contributed by atoms with Crippen molar-refractivity contribution in [3.63, 3.8) is 0 Å². The van der Waals surface area contributed by atoms with E-state index in [0.29, 0.717) is 13.1 Å². The molecule has 6 nitrogen and oxygen atoms in total. The number of carbonyl (C=O) groups excluding carboxylic acids is 1. The first-order valence-electron chi connectivity index (χ1n) is 13.6. The molecule has 32 heavy (non-hydrogen) atoms. The second kappa shape index (κ2) is 28.1. The number of hydrogen-bond acceptors (Lipinski definition) is 5. The van der Waals surface area contributed by atoms with Crippen molar-refractivity contribution in [1.82, 2.24) is 21.3 Å². The van der Waals surface area contributed by atoms with E-state index in [9.17, 15) is 4.79 Å². The monoisotopic (exact) mass is 453 g/mol. The molecule has 0 saturated carbocycles. The van der Waals surface area contributed by atoms with Gasteiger partial charge in [-0.25, -0.2) is 0 Å². The predicted octanol–water partition coefficient (Wildman–Crippen LogP) is 3.87. The van der Waals surface area contributed by atoms with E-state index in [2.05, 4.69) is 28.2 Å². The Morgan fingerprint density at radius 1 is 0.625 bits per heavy atom. The summed E-state index contributed by atoms with van der Waals surface area (Å²) in [4.78, 5) is 11.8. The summed E-state index contributed by atoms with van der Waals surface area (Å²) in [6.07, 6.45) is 22.6. The van der Waals surface area contributed by atoms with Crippen LogP contribution < -0.4 is 27.0 Å². The van der Waals surface area contributed by atoms with Gasteiger partial charge in [0.1, 0.15) is 0 Å². The van der Waals surface area contributed by atoms with Crippen LogP contribution in [0.3, 0.4) is 0 Å². The molecule has 0 aliphatic rings. The van der Waals surface area contributed by atoms with E-state index in [1.54, 1.807) is 6.08 Å². The van der Waals surface area contributed by atoms with E-state index in [1.165, 1.54) is 83.5 Å². The molecule has 0 aliphatic carbocycles. The lowest BCUT2D eigenvalue weighted by molar-refractivity contribution is -0.116. The lowest BCUT2D eigenvalue weighted by atomic mass is 10.0. The molecular formula is C26H55N5O. The number of allylic oxidation sites excluding steroid dienone is 1. The number of carbonyl (C=O) groups is 1. The topological polar surface area (TPSA) is 91.2 Å². The molecule has 0 aromatic carbocycles. The molecule has 0 heterocycles. The van der Waals surface area contributed by atoms with E-state index >= 15 is 0 Å². The van der Waals surface area contributed by atoms with Crippen LogP contribution in [-0.4, -0.2) is 58.3 Å². The van der Waals surface area contributed by atoms with Crippen molar-refractivity contribution in [3.05, 3.63) is 12.2 Å². The fraction of sp³-hybridized carbons (Fsp3) is 0.885. The lowest BCUT2D eigenvalue weighted by Crippen LogP contribution is -2.36. The van der Waals surface area contributed by atoms with Gasteiger partial charge in [0.15, 0.2) is 0 Å². The predicted molar refractivity (Wildman–Crippen MR) is 140 cm³/mol.